The van der Waals surface area contributed by atoms with Crippen LogP contribution in [0.5, 0.6) is 11.5 Å². The fourth-order valence-corrected chi connectivity index (χ4v) is 3.30. The summed E-state index contributed by atoms with van der Waals surface area (Å²) in [6.45, 7) is 4.79. The van der Waals surface area contributed by atoms with Gasteiger partial charge in [-0.05, 0) is 54.0 Å². The van der Waals surface area contributed by atoms with E-state index in [4.69, 9.17) is 4.74 Å². The quantitative estimate of drug-likeness (QED) is 0.850. The molecule has 0 spiro atoms. The Bertz CT molecular complexity index is 522. The van der Waals surface area contributed by atoms with Crippen LogP contribution in [0.1, 0.15) is 30.1 Å². The molecule has 1 atom stereocenters. The zero-order valence-electron chi connectivity index (χ0n) is 12.4. The van der Waals surface area contributed by atoms with Gasteiger partial charge in [0.15, 0.2) is 0 Å². The van der Waals surface area contributed by atoms with Crippen molar-refractivity contribution < 1.29 is 14.6 Å². The monoisotopic (exact) mass is 356 g/mol. The molecule has 1 saturated heterocycles. The van der Waals surface area contributed by atoms with Crippen molar-refractivity contribution in [3.63, 3.8) is 0 Å². The van der Waals surface area contributed by atoms with Crippen molar-refractivity contribution >= 4 is 21.8 Å². The van der Waals surface area contributed by atoms with Crippen molar-refractivity contribution in [2.75, 3.05) is 26.7 Å². The van der Waals surface area contributed by atoms with Crippen LogP contribution in [0.25, 0.3) is 0 Å². The largest absolute Gasteiger partial charge is 0.507 e. The Balaban J connectivity index is 2.09. The molecule has 1 amide bonds. The zero-order chi connectivity index (χ0) is 15.4. The summed E-state index contributed by atoms with van der Waals surface area (Å²) in [4.78, 5) is 14.7. The van der Waals surface area contributed by atoms with E-state index in [9.17, 15) is 9.90 Å². The average molecular weight is 357 g/mol. The van der Waals surface area contributed by atoms with Gasteiger partial charge in [0.1, 0.15) is 17.1 Å². The number of nitrogens with zero attached hydrogens (tertiary/aromatic N) is 1. The molecule has 1 heterocycles. The molecule has 21 heavy (non-hydrogen) atoms. The van der Waals surface area contributed by atoms with Gasteiger partial charge >= 0.3 is 0 Å². The molecule has 1 fully saturated rings. The van der Waals surface area contributed by atoms with E-state index in [0.29, 0.717) is 22.8 Å². The van der Waals surface area contributed by atoms with Crippen LogP contribution in [0.3, 0.4) is 0 Å². The van der Waals surface area contributed by atoms with Crippen molar-refractivity contribution in [3.8, 4) is 11.5 Å². The summed E-state index contributed by atoms with van der Waals surface area (Å²) in [5.74, 6) is -0.0359. The number of carbonyl (C=O) groups excluding carboxylic acids is 1. The van der Waals surface area contributed by atoms with Crippen LogP contribution in [0, 0.1) is 0 Å². The lowest BCUT2D eigenvalue weighted by Gasteiger charge is -2.23. The number of benzene rings is 1. The Labute approximate surface area is 133 Å². The molecule has 0 aliphatic carbocycles. The number of carbonyl (C=O) groups is 1. The van der Waals surface area contributed by atoms with E-state index >= 15 is 0 Å². The smallest absolute Gasteiger partial charge is 0.258 e. The van der Waals surface area contributed by atoms with Gasteiger partial charge in [0.05, 0.1) is 11.6 Å². The maximum absolute atomic E-state index is 12.4. The molecule has 0 unspecified atom stereocenters. The second kappa shape index (κ2) is 7.13. The van der Waals surface area contributed by atoms with Gasteiger partial charge in [-0.3, -0.25) is 9.69 Å². The van der Waals surface area contributed by atoms with Crippen molar-refractivity contribution in [2.24, 2.45) is 0 Å². The highest BCUT2D eigenvalue weighted by Crippen LogP contribution is 2.34. The maximum Gasteiger partial charge on any atom is 0.258 e. The predicted molar refractivity (Wildman–Crippen MR) is 85.0 cm³/mol. The molecule has 1 aromatic carbocycles. The first kappa shape index (κ1) is 16.1. The van der Waals surface area contributed by atoms with E-state index in [0.717, 1.165) is 19.5 Å². The van der Waals surface area contributed by atoms with E-state index in [1.165, 1.54) is 19.6 Å². The van der Waals surface area contributed by atoms with E-state index in [1.54, 1.807) is 6.07 Å². The molecule has 1 aliphatic heterocycles. The predicted octanol–water partition coefficient (Wildman–Crippen LogP) is 2.38. The summed E-state index contributed by atoms with van der Waals surface area (Å²) >= 11 is 3.32. The molecule has 5 nitrogen and oxygen atoms in total. The highest BCUT2D eigenvalue weighted by molar-refractivity contribution is 9.10. The standard InChI is InChI=1S/C15H21BrN2O3/c1-3-18-8-4-5-10(18)9-17-15(20)13-12(19)7-6-11(16)14(13)21-2/h6-7,10,19H,3-5,8-9H2,1-2H3,(H,17,20)/t10-/m1/s1. The Kier molecular flexibility index (Phi) is 5.47. The lowest BCUT2D eigenvalue weighted by Crippen LogP contribution is -2.40. The number of hydrogen-bond donors (Lipinski definition) is 2. The molecular formula is C15H21BrN2O3. The summed E-state index contributed by atoms with van der Waals surface area (Å²) in [6, 6.07) is 3.51. The summed E-state index contributed by atoms with van der Waals surface area (Å²) in [6.07, 6.45) is 2.26. The van der Waals surface area contributed by atoms with E-state index in [-0.39, 0.29) is 17.2 Å². The molecule has 1 aromatic rings. The molecule has 0 bridgehead atoms. The Morgan fingerprint density at radius 1 is 1.57 bits per heavy atom. The number of amides is 1. The van der Waals surface area contributed by atoms with Crippen molar-refractivity contribution in [1.82, 2.24) is 10.2 Å². The summed E-state index contributed by atoms with van der Waals surface area (Å²) in [5, 5.41) is 12.8. The number of likely N-dealkylation sites (N-methyl/N-ethyl adjacent to an activating group) is 1. The summed E-state index contributed by atoms with van der Waals surface area (Å²) < 4.78 is 5.86. The number of halogens is 1. The van der Waals surface area contributed by atoms with Crippen LogP contribution in [-0.4, -0.2) is 48.7 Å². The first-order valence-electron chi connectivity index (χ1n) is 7.16. The number of phenols is 1. The molecule has 0 radical (unpaired) electrons. The SMILES string of the molecule is CCN1CCC[C@@H]1CNC(=O)c1c(O)ccc(Br)c1OC. The van der Waals surface area contributed by atoms with Gasteiger partial charge < -0.3 is 15.2 Å². The normalized spacial score (nSPS) is 18.7. The van der Waals surface area contributed by atoms with Crippen molar-refractivity contribution in [1.29, 1.82) is 0 Å². The first-order valence-corrected chi connectivity index (χ1v) is 7.95. The van der Waals surface area contributed by atoms with Gasteiger partial charge in [0.2, 0.25) is 0 Å². The zero-order valence-corrected chi connectivity index (χ0v) is 13.9. The van der Waals surface area contributed by atoms with Gasteiger partial charge in [-0.15, -0.1) is 0 Å². The van der Waals surface area contributed by atoms with Crippen LogP contribution in [-0.2, 0) is 0 Å². The maximum atomic E-state index is 12.4. The lowest BCUT2D eigenvalue weighted by atomic mass is 10.1. The number of hydrogen-bond acceptors (Lipinski definition) is 4. The highest BCUT2D eigenvalue weighted by Gasteiger charge is 2.25. The molecular weight excluding hydrogens is 336 g/mol. The van der Waals surface area contributed by atoms with E-state index in [2.05, 4.69) is 33.1 Å². The highest BCUT2D eigenvalue weighted by atomic mass is 79.9. The van der Waals surface area contributed by atoms with Crippen molar-refractivity contribution in [3.05, 3.63) is 22.2 Å². The molecule has 0 saturated carbocycles. The number of likely N-dealkylation sites (tertiary alicyclic amines) is 1. The van der Waals surface area contributed by atoms with Crippen LogP contribution < -0.4 is 10.1 Å². The second-order valence-corrected chi connectivity index (χ2v) is 5.96. The molecule has 116 valence electrons. The van der Waals surface area contributed by atoms with Crippen LogP contribution in [0.15, 0.2) is 16.6 Å². The van der Waals surface area contributed by atoms with E-state index < -0.39 is 0 Å². The second-order valence-electron chi connectivity index (χ2n) is 5.11. The number of aromatic hydroxyl groups is 1. The number of ether oxygens (including phenoxy) is 1. The third kappa shape index (κ3) is 3.49. The van der Waals surface area contributed by atoms with Gasteiger partial charge in [0.25, 0.3) is 5.91 Å². The van der Waals surface area contributed by atoms with Gasteiger partial charge in [0, 0.05) is 12.6 Å². The lowest BCUT2D eigenvalue weighted by molar-refractivity contribution is 0.0935. The fourth-order valence-electron chi connectivity index (χ4n) is 2.81. The first-order chi connectivity index (χ1) is 10.1. The Hall–Kier alpha value is -1.27. The minimum atomic E-state index is -0.311. The van der Waals surface area contributed by atoms with Crippen LogP contribution in [0.2, 0.25) is 0 Å². The average Bonchev–Trinajstić information content (AvgIpc) is 2.94. The third-order valence-electron chi connectivity index (χ3n) is 3.92. The fraction of sp³-hybridized carbons (Fsp3) is 0.533. The molecule has 6 heteroatoms. The summed E-state index contributed by atoms with van der Waals surface area (Å²) in [5.41, 5.74) is 0.174. The van der Waals surface area contributed by atoms with E-state index in [1.807, 2.05) is 0 Å². The van der Waals surface area contributed by atoms with Crippen LogP contribution >= 0.6 is 15.9 Å². The Morgan fingerprint density at radius 2 is 2.33 bits per heavy atom. The molecule has 1 aliphatic rings. The van der Waals surface area contributed by atoms with Gasteiger partial charge in [-0.1, -0.05) is 6.92 Å². The summed E-state index contributed by atoms with van der Waals surface area (Å²) in [7, 11) is 1.48. The van der Waals surface area contributed by atoms with Gasteiger partial charge in [-0.2, -0.15) is 0 Å². The number of phenolic OH excluding ortho intramolecular Hbond substituents is 1. The van der Waals surface area contributed by atoms with Crippen LogP contribution in [0.4, 0.5) is 0 Å². The Morgan fingerprint density at radius 3 is 3.00 bits per heavy atom. The van der Waals surface area contributed by atoms with Gasteiger partial charge in [-0.25, -0.2) is 0 Å². The van der Waals surface area contributed by atoms with Crippen molar-refractivity contribution in [2.45, 2.75) is 25.8 Å². The number of nitrogens with one attached hydrogen (secondary N) is 1. The minimum absolute atomic E-state index is 0.0775. The number of rotatable bonds is 5. The molecule has 2 rings (SSSR count). The minimum Gasteiger partial charge on any atom is -0.507 e. The molecule has 2 N–H and O–H groups in total. The third-order valence-corrected chi connectivity index (χ3v) is 4.55. The number of methoxy groups -OCH3 is 1. The molecule has 0 aromatic heterocycles. The topological polar surface area (TPSA) is 61.8 Å².